The lowest BCUT2D eigenvalue weighted by Gasteiger charge is -2.30. The van der Waals surface area contributed by atoms with Crippen LogP contribution in [0.2, 0.25) is 0 Å². The van der Waals surface area contributed by atoms with E-state index in [0.717, 1.165) is 11.4 Å². The van der Waals surface area contributed by atoms with Crippen LogP contribution in [0.3, 0.4) is 0 Å². The molecule has 0 amide bonds. The molecule has 1 heteroatoms. The van der Waals surface area contributed by atoms with Crippen molar-refractivity contribution in [2.24, 2.45) is 0 Å². The van der Waals surface area contributed by atoms with Gasteiger partial charge in [0.05, 0.1) is 0 Å². The van der Waals surface area contributed by atoms with Crippen LogP contribution >= 0.6 is 0 Å². The van der Waals surface area contributed by atoms with Crippen molar-refractivity contribution in [2.75, 3.05) is 4.90 Å². The Morgan fingerprint density at radius 1 is 0.351 bits per heavy atom. The average Bonchev–Trinajstić information content (AvgIpc) is 3.94. The summed E-state index contributed by atoms with van der Waals surface area (Å²) in [6.07, 6.45) is 4.96. The van der Waals surface area contributed by atoms with Gasteiger partial charge in [-0.25, -0.2) is 0 Å². The van der Waals surface area contributed by atoms with E-state index in [-0.39, 0.29) is 10.8 Å². The third kappa shape index (κ3) is 5.22. The molecule has 1 spiro atoms. The summed E-state index contributed by atoms with van der Waals surface area (Å²) < 4.78 is 0. The van der Waals surface area contributed by atoms with Crippen LogP contribution in [0.25, 0.3) is 55.6 Å². The Bertz CT molecular complexity index is 2800. The SMILES string of the molecule is CC1(C)c2ccccc2-c2cccc(-c3ccc(N(c4ccc(-c5ccccc5)c(-c5ccccc5)c4)c4ccc5c(c4)C4(CCCC4)c4ccccc4-5)cc3)c21. The van der Waals surface area contributed by atoms with Crippen molar-refractivity contribution >= 4 is 17.1 Å². The second-order valence-corrected chi connectivity index (χ2v) is 16.8. The first-order valence-corrected chi connectivity index (χ1v) is 20.6. The number of hydrogen-bond acceptors (Lipinski definition) is 1. The lowest BCUT2D eigenvalue weighted by atomic mass is 9.76. The molecule has 0 aliphatic heterocycles. The maximum Gasteiger partial charge on any atom is 0.0468 e. The number of fused-ring (bicyclic) bond motifs is 8. The second kappa shape index (κ2) is 13.1. The molecule has 8 aromatic carbocycles. The summed E-state index contributed by atoms with van der Waals surface area (Å²) in [4.78, 5) is 2.49. The summed E-state index contributed by atoms with van der Waals surface area (Å²) in [6.45, 7) is 4.76. The Morgan fingerprint density at radius 3 is 1.54 bits per heavy atom. The van der Waals surface area contributed by atoms with Crippen molar-refractivity contribution in [1.29, 1.82) is 0 Å². The van der Waals surface area contributed by atoms with Gasteiger partial charge < -0.3 is 4.90 Å². The number of nitrogens with zero attached hydrogens (tertiary/aromatic N) is 1. The molecule has 8 aromatic rings. The fraction of sp³-hybridized carbons (Fsp3) is 0.143. The van der Waals surface area contributed by atoms with Gasteiger partial charge in [-0.05, 0) is 127 Å². The molecule has 0 saturated heterocycles. The fourth-order valence-corrected chi connectivity index (χ4v) is 10.8. The van der Waals surface area contributed by atoms with Crippen molar-refractivity contribution in [3.8, 4) is 55.6 Å². The van der Waals surface area contributed by atoms with Crippen LogP contribution in [0.4, 0.5) is 17.1 Å². The minimum Gasteiger partial charge on any atom is -0.310 e. The van der Waals surface area contributed by atoms with Gasteiger partial charge in [-0.2, -0.15) is 0 Å². The standard InChI is InChI=1S/C56H45N/c1-55(2)51-24-11-9-21-47(51)49-23-15-22-45(54(49)55)40-26-28-41(29-27-40)57(42-30-32-44(38-16-5-3-6-17-38)50(36-42)39-18-7-4-8-19-39)43-31-33-48-46-20-10-12-25-52(46)56(53(48)37-43)34-13-14-35-56/h3-12,15-33,36-37H,13-14,34-35H2,1-2H3. The van der Waals surface area contributed by atoms with Gasteiger partial charge in [0, 0.05) is 27.9 Å². The average molecular weight is 732 g/mol. The third-order valence-electron chi connectivity index (χ3n) is 13.4. The lowest BCUT2D eigenvalue weighted by Crippen LogP contribution is -2.21. The van der Waals surface area contributed by atoms with Crippen LogP contribution in [0, 0.1) is 0 Å². The quantitative estimate of drug-likeness (QED) is 0.165. The first-order valence-electron chi connectivity index (χ1n) is 20.6. The molecule has 0 bridgehead atoms. The van der Waals surface area contributed by atoms with Gasteiger partial charge in [0.2, 0.25) is 0 Å². The van der Waals surface area contributed by atoms with Crippen LogP contribution in [0.1, 0.15) is 61.8 Å². The Kier molecular flexibility index (Phi) is 7.76. The monoisotopic (exact) mass is 731 g/mol. The normalized spacial score (nSPS) is 15.2. The van der Waals surface area contributed by atoms with Crippen LogP contribution in [-0.2, 0) is 10.8 Å². The van der Waals surface area contributed by atoms with Gasteiger partial charge in [-0.15, -0.1) is 0 Å². The summed E-state index contributed by atoms with van der Waals surface area (Å²) in [5, 5.41) is 0. The van der Waals surface area contributed by atoms with Crippen LogP contribution in [-0.4, -0.2) is 0 Å². The van der Waals surface area contributed by atoms with E-state index in [1.807, 2.05) is 0 Å². The molecule has 3 aliphatic rings. The summed E-state index contributed by atoms with van der Waals surface area (Å²) in [6, 6.07) is 70.3. The van der Waals surface area contributed by atoms with E-state index in [9.17, 15) is 0 Å². The maximum atomic E-state index is 2.53. The van der Waals surface area contributed by atoms with E-state index < -0.39 is 0 Å². The lowest BCUT2D eigenvalue weighted by molar-refractivity contribution is 0.550. The molecule has 11 rings (SSSR count). The van der Waals surface area contributed by atoms with E-state index in [4.69, 9.17) is 0 Å². The Hall–Kier alpha value is -6.44. The van der Waals surface area contributed by atoms with Crippen LogP contribution < -0.4 is 4.90 Å². The molecule has 274 valence electrons. The van der Waals surface area contributed by atoms with E-state index in [0.29, 0.717) is 0 Å². The Morgan fingerprint density at radius 2 is 0.842 bits per heavy atom. The molecule has 1 fully saturated rings. The highest BCUT2D eigenvalue weighted by atomic mass is 15.1. The van der Waals surface area contributed by atoms with E-state index in [1.54, 1.807) is 0 Å². The van der Waals surface area contributed by atoms with E-state index >= 15 is 0 Å². The van der Waals surface area contributed by atoms with Gasteiger partial charge in [0.15, 0.2) is 0 Å². The van der Waals surface area contributed by atoms with Crippen molar-refractivity contribution in [1.82, 2.24) is 0 Å². The zero-order chi connectivity index (χ0) is 38.1. The Labute approximate surface area is 336 Å². The van der Waals surface area contributed by atoms with Crippen molar-refractivity contribution in [3.05, 3.63) is 210 Å². The molecule has 1 saturated carbocycles. The highest BCUT2D eigenvalue weighted by Crippen LogP contribution is 2.58. The molecule has 3 aliphatic carbocycles. The van der Waals surface area contributed by atoms with Crippen molar-refractivity contribution in [3.63, 3.8) is 0 Å². The molecule has 57 heavy (non-hydrogen) atoms. The molecular formula is C56H45N. The minimum atomic E-state index is -0.0836. The summed E-state index contributed by atoms with van der Waals surface area (Å²) in [5.41, 5.74) is 22.3. The zero-order valence-electron chi connectivity index (χ0n) is 32.7. The predicted octanol–water partition coefficient (Wildman–Crippen LogP) is 15.3. The molecule has 0 N–H and O–H groups in total. The molecule has 0 atom stereocenters. The largest absolute Gasteiger partial charge is 0.310 e. The highest BCUT2D eigenvalue weighted by molar-refractivity contribution is 5.92. The fourth-order valence-electron chi connectivity index (χ4n) is 10.8. The number of hydrogen-bond donors (Lipinski definition) is 0. The summed E-state index contributed by atoms with van der Waals surface area (Å²) in [7, 11) is 0. The third-order valence-corrected chi connectivity index (χ3v) is 13.4. The molecular weight excluding hydrogens is 687 g/mol. The molecule has 0 radical (unpaired) electrons. The van der Waals surface area contributed by atoms with Crippen molar-refractivity contribution in [2.45, 2.75) is 50.4 Å². The van der Waals surface area contributed by atoms with Gasteiger partial charge in [-0.3, -0.25) is 0 Å². The number of benzene rings is 8. The van der Waals surface area contributed by atoms with Gasteiger partial charge >= 0.3 is 0 Å². The topological polar surface area (TPSA) is 3.24 Å². The van der Waals surface area contributed by atoms with E-state index in [2.05, 4.69) is 207 Å². The first kappa shape index (κ1) is 33.9. The number of anilines is 3. The molecule has 1 nitrogen and oxygen atoms in total. The maximum absolute atomic E-state index is 2.53. The van der Waals surface area contributed by atoms with Crippen molar-refractivity contribution < 1.29 is 0 Å². The Balaban J connectivity index is 1.09. The number of rotatable bonds is 6. The predicted molar refractivity (Wildman–Crippen MR) is 240 cm³/mol. The van der Waals surface area contributed by atoms with Gasteiger partial charge in [0.25, 0.3) is 0 Å². The second-order valence-electron chi connectivity index (χ2n) is 16.8. The van der Waals surface area contributed by atoms with E-state index in [1.165, 1.54) is 109 Å². The summed E-state index contributed by atoms with van der Waals surface area (Å²) in [5.74, 6) is 0. The van der Waals surface area contributed by atoms with Crippen LogP contribution in [0.15, 0.2) is 188 Å². The molecule has 0 aromatic heterocycles. The summed E-state index contributed by atoms with van der Waals surface area (Å²) >= 11 is 0. The van der Waals surface area contributed by atoms with Gasteiger partial charge in [0.1, 0.15) is 0 Å². The highest BCUT2D eigenvalue weighted by Gasteiger charge is 2.45. The minimum absolute atomic E-state index is 0.0836. The molecule has 0 unspecified atom stereocenters. The first-order chi connectivity index (χ1) is 28.0. The van der Waals surface area contributed by atoms with Crippen LogP contribution in [0.5, 0.6) is 0 Å². The van der Waals surface area contributed by atoms with Gasteiger partial charge in [-0.1, -0.05) is 178 Å². The smallest absolute Gasteiger partial charge is 0.0468 e. The molecule has 0 heterocycles. The zero-order valence-corrected chi connectivity index (χ0v) is 32.7.